The zero-order valence-electron chi connectivity index (χ0n) is 15.7. The number of rotatable bonds is 5. The largest absolute Gasteiger partial charge is 0.462 e. The normalized spacial score (nSPS) is 14.9. The second-order valence-electron chi connectivity index (χ2n) is 7.14. The minimum atomic E-state index is -0.307. The lowest BCUT2D eigenvalue weighted by molar-refractivity contribution is 0.0532. The fraction of sp³-hybridized carbons (Fsp3) is 0.381. The first kappa shape index (κ1) is 17.9. The van der Waals surface area contributed by atoms with Crippen molar-refractivity contribution in [2.75, 3.05) is 6.61 Å². The number of thiazole rings is 1. The molecule has 0 radical (unpaired) electrons. The molecule has 2 aromatic heterocycles. The molecule has 0 N–H and O–H groups in total. The van der Waals surface area contributed by atoms with Gasteiger partial charge in [-0.3, -0.25) is 0 Å². The van der Waals surface area contributed by atoms with E-state index >= 15 is 0 Å². The van der Waals surface area contributed by atoms with Crippen LogP contribution >= 0.6 is 23.1 Å². The molecule has 5 rings (SSSR count). The quantitative estimate of drug-likeness (QED) is 0.573. The van der Waals surface area contributed by atoms with E-state index in [1.165, 1.54) is 65.0 Å². The molecule has 28 heavy (non-hydrogen) atoms. The number of carbonyl (C=O) groups is 1. The number of carbonyl (C=O) groups excluding carboxylic acids is 1. The van der Waals surface area contributed by atoms with Crippen LogP contribution in [-0.4, -0.2) is 27.3 Å². The molecule has 0 saturated carbocycles. The number of aromatic nitrogens is 3. The van der Waals surface area contributed by atoms with E-state index in [1.807, 2.05) is 6.20 Å². The van der Waals surface area contributed by atoms with Gasteiger partial charge in [0.05, 0.1) is 29.6 Å². The Morgan fingerprint density at radius 2 is 1.93 bits per heavy atom. The molecule has 5 nitrogen and oxygen atoms in total. The first-order valence-electron chi connectivity index (χ1n) is 9.75. The van der Waals surface area contributed by atoms with Crippen molar-refractivity contribution in [2.45, 2.75) is 54.7 Å². The van der Waals surface area contributed by atoms with Crippen LogP contribution in [0.15, 0.2) is 33.9 Å². The van der Waals surface area contributed by atoms with Gasteiger partial charge in [0.15, 0.2) is 4.34 Å². The summed E-state index contributed by atoms with van der Waals surface area (Å²) in [5, 5.41) is 4.69. The zero-order chi connectivity index (χ0) is 19.1. The third-order valence-electron chi connectivity index (χ3n) is 5.40. The predicted octanol–water partition coefficient (Wildman–Crippen LogP) is 4.63. The van der Waals surface area contributed by atoms with Gasteiger partial charge in [-0.05, 0) is 67.7 Å². The lowest BCUT2D eigenvalue weighted by atomic mass is 9.99. The van der Waals surface area contributed by atoms with Crippen molar-refractivity contribution in [3.63, 3.8) is 0 Å². The summed E-state index contributed by atoms with van der Waals surface area (Å²) in [6, 6.07) is 2.44. The van der Waals surface area contributed by atoms with Gasteiger partial charge in [0, 0.05) is 6.20 Å². The molecule has 0 unspecified atom stereocenters. The highest BCUT2D eigenvalue weighted by Gasteiger charge is 2.25. The molecule has 0 amide bonds. The molecule has 0 spiro atoms. The maximum Gasteiger partial charge on any atom is 0.349 e. The van der Waals surface area contributed by atoms with Crippen molar-refractivity contribution < 1.29 is 9.53 Å². The summed E-state index contributed by atoms with van der Waals surface area (Å²) >= 11 is 2.90. The molecule has 3 aromatic rings. The Kier molecular flexibility index (Phi) is 4.72. The van der Waals surface area contributed by atoms with Crippen LogP contribution in [0.2, 0.25) is 0 Å². The van der Waals surface area contributed by atoms with Crippen LogP contribution in [0.3, 0.4) is 0 Å². The number of ether oxygens (including phenoxy) is 1. The molecule has 0 aliphatic heterocycles. The highest BCUT2D eigenvalue weighted by Crippen LogP contribution is 2.38. The number of nitrogens with zero attached hydrogens (tertiary/aromatic N) is 3. The van der Waals surface area contributed by atoms with E-state index in [0.717, 1.165) is 22.1 Å². The van der Waals surface area contributed by atoms with Crippen molar-refractivity contribution in [2.24, 2.45) is 0 Å². The second-order valence-corrected chi connectivity index (χ2v) is 9.49. The first-order chi connectivity index (χ1) is 13.7. The summed E-state index contributed by atoms with van der Waals surface area (Å²) in [5.74, 6) is -0.307. The predicted molar refractivity (Wildman–Crippen MR) is 110 cm³/mol. The van der Waals surface area contributed by atoms with Gasteiger partial charge in [0.1, 0.15) is 4.88 Å². The van der Waals surface area contributed by atoms with E-state index < -0.39 is 0 Å². The summed E-state index contributed by atoms with van der Waals surface area (Å²) in [7, 11) is 0. The van der Waals surface area contributed by atoms with E-state index in [0.29, 0.717) is 11.5 Å². The molecule has 0 bridgehead atoms. The molecule has 0 fully saturated rings. The van der Waals surface area contributed by atoms with Crippen molar-refractivity contribution in [1.29, 1.82) is 0 Å². The van der Waals surface area contributed by atoms with E-state index in [1.54, 1.807) is 24.9 Å². The summed E-state index contributed by atoms with van der Waals surface area (Å²) in [6.45, 7) is 2.18. The Morgan fingerprint density at radius 1 is 1.18 bits per heavy atom. The Balaban J connectivity index is 1.43. The molecular formula is C21H21N3O2S2. The highest BCUT2D eigenvalue weighted by atomic mass is 32.2. The summed E-state index contributed by atoms with van der Waals surface area (Å²) in [4.78, 5) is 17.8. The number of hydrogen-bond acceptors (Lipinski definition) is 6. The van der Waals surface area contributed by atoms with Gasteiger partial charge in [-0.25, -0.2) is 14.5 Å². The molecule has 1 aromatic carbocycles. The molecule has 2 aliphatic carbocycles. The Hall–Kier alpha value is -2.12. The lowest BCUT2D eigenvalue weighted by Gasteiger charge is -2.14. The van der Waals surface area contributed by atoms with Crippen LogP contribution in [-0.2, 0) is 30.4 Å². The van der Waals surface area contributed by atoms with Gasteiger partial charge in [-0.1, -0.05) is 17.8 Å². The average Bonchev–Trinajstić information content (AvgIpc) is 3.47. The van der Waals surface area contributed by atoms with Crippen molar-refractivity contribution in [1.82, 2.24) is 14.8 Å². The second kappa shape index (κ2) is 7.37. The summed E-state index contributed by atoms with van der Waals surface area (Å²) < 4.78 is 7.94. The zero-order valence-corrected chi connectivity index (χ0v) is 17.4. The number of esters is 1. The molecule has 2 heterocycles. The van der Waals surface area contributed by atoms with Crippen LogP contribution in [0, 0.1) is 0 Å². The third kappa shape index (κ3) is 3.16. The fourth-order valence-electron chi connectivity index (χ4n) is 4.25. The Bertz CT molecular complexity index is 1020. The van der Waals surface area contributed by atoms with Gasteiger partial charge in [0.2, 0.25) is 0 Å². The van der Waals surface area contributed by atoms with Crippen LogP contribution < -0.4 is 0 Å². The third-order valence-corrected chi connectivity index (χ3v) is 7.39. The van der Waals surface area contributed by atoms with Crippen LogP contribution in [0.25, 0.3) is 5.69 Å². The molecule has 2 aliphatic rings. The molecule has 7 heteroatoms. The van der Waals surface area contributed by atoms with E-state index in [9.17, 15) is 4.79 Å². The van der Waals surface area contributed by atoms with E-state index in [-0.39, 0.29) is 5.97 Å². The van der Waals surface area contributed by atoms with E-state index in [2.05, 4.69) is 21.9 Å². The van der Waals surface area contributed by atoms with Crippen LogP contribution in [0.5, 0.6) is 0 Å². The summed E-state index contributed by atoms with van der Waals surface area (Å²) in [5.41, 5.74) is 7.32. The molecule has 0 saturated heterocycles. The fourth-order valence-corrected chi connectivity index (χ4v) is 6.07. The van der Waals surface area contributed by atoms with Crippen LogP contribution in [0.4, 0.5) is 0 Å². The number of fused-ring (bicyclic) bond motifs is 2. The van der Waals surface area contributed by atoms with Crippen LogP contribution in [0.1, 0.15) is 51.7 Å². The molecular weight excluding hydrogens is 390 g/mol. The van der Waals surface area contributed by atoms with Crippen molar-refractivity contribution >= 4 is 29.1 Å². The average molecular weight is 412 g/mol. The van der Waals surface area contributed by atoms with Crippen molar-refractivity contribution in [3.8, 4) is 5.69 Å². The number of benzene rings is 1. The van der Waals surface area contributed by atoms with Gasteiger partial charge < -0.3 is 4.74 Å². The van der Waals surface area contributed by atoms with Crippen molar-refractivity contribution in [3.05, 3.63) is 51.8 Å². The smallest absolute Gasteiger partial charge is 0.349 e. The first-order valence-corrected chi connectivity index (χ1v) is 11.4. The Morgan fingerprint density at radius 3 is 2.64 bits per heavy atom. The molecule has 0 atom stereocenters. The topological polar surface area (TPSA) is 57.0 Å². The Labute approximate surface area is 172 Å². The lowest BCUT2D eigenvalue weighted by Crippen LogP contribution is -2.05. The number of hydrogen-bond donors (Lipinski definition) is 0. The monoisotopic (exact) mass is 411 g/mol. The minimum Gasteiger partial charge on any atom is -0.462 e. The minimum absolute atomic E-state index is 0.307. The standard InChI is InChI=1S/C21H21N3O2S2/c1-2-26-20(25)18-11-22-21(28-18)27-15-10-23-24(12-15)19-16-7-3-5-13(16)9-14-6-4-8-17(14)19/h9-12H,2-8H2,1H3. The number of aryl methyl sites for hydroxylation is 2. The maximum absolute atomic E-state index is 11.8. The van der Waals surface area contributed by atoms with Gasteiger partial charge in [-0.2, -0.15) is 5.10 Å². The SMILES string of the molecule is CCOC(=O)c1cnc(Sc2cnn(-c3c4c(cc5c3CCC5)CCC4)c2)s1. The summed E-state index contributed by atoms with van der Waals surface area (Å²) in [6.07, 6.45) is 12.7. The van der Waals surface area contributed by atoms with Gasteiger partial charge in [-0.15, -0.1) is 11.3 Å². The van der Waals surface area contributed by atoms with Gasteiger partial charge in [0.25, 0.3) is 0 Å². The maximum atomic E-state index is 11.8. The molecule has 144 valence electrons. The highest BCUT2D eigenvalue weighted by molar-refractivity contribution is 8.01. The van der Waals surface area contributed by atoms with Gasteiger partial charge >= 0.3 is 5.97 Å². The van der Waals surface area contributed by atoms with E-state index in [4.69, 9.17) is 9.84 Å².